The number of aliphatic imine (C=N–C) groups is 2. The zero-order valence-corrected chi connectivity index (χ0v) is 13.5. The molecule has 2 heterocycles. The second kappa shape index (κ2) is 6.37. The molecule has 2 aliphatic heterocycles. The number of hydrogen-bond acceptors (Lipinski definition) is 5. The van der Waals surface area contributed by atoms with Gasteiger partial charge in [0.15, 0.2) is 0 Å². The zero-order chi connectivity index (χ0) is 16.4. The van der Waals surface area contributed by atoms with E-state index in [1.165, 1.54) is 11.8 Å². The van der Waals surface area contributed by atoms with E-state index in [0.717, 1.165) is 11.1 Å². The van der Waals surface area contributed by atoms with Gasteiger partial charge >= 0.3 is 0 Å². The number of nitrogens with one attached hydrogen (secondary N) is 1. The monoisotopic (exact) mass is 329 g/mol. The Morgan fingerprint density at radius 2 is 2.22 bits per heavy atom. The number of benzene rings is 1. The minimum atomic E-state index is -0.461. The Hall–Kier alpha value is -2.41. The highest BCUT2D eigenvalue weighted by atomic mass is 32.2. The number of carbonyl (C=O) groups is 2. The zero-order valence-electron chi connectivity index (χ0n) is 12.7. The highest BCUT2D eigenvalue weighted by molar-refractivity contribution is 8.17. The van der Waals surface area contributed by atoms with Gasteiger partial charge in [0, 0.05) is 6.54 Å². The predicted molar refractivity (Wildman–Crippen MR) is 89.6 cm³/mol. The van der Waals surface area contributed by atoms with Crippen molar-refractivity contribution in [2.45, 2.75) is 13.5 Å². The number of methoxy groups -OCH3 is 1. The average Bonchev–Trinajstić information content (AvgIpc) is 2.94. The summed E-state index contributed by atoms with van der Waals surface area (Å²) < 4.78 is 5.14. The summed E-state index contributed by atoms with van der Waals surface area (Å²) in [7, 11) is 1.59. The molecule has 0 spiro atoms. The number of nitrogens with zero attached hydrogens (tertiary/aromatic N) is 2. The van der Waals surface area contributed by atoms with Crippen LogP contribution in [0.1, 0.15) is 12.5 Å². The van der Waals surface area contributed by atoms with Crippen LogP contribution in [0.3, 0.4) is 0 Å². The molecule has 0 aliphatic carbocycles. The first-order chi connectivity index (χ1) is 11.1. The number of thioether (sulfide) groups is 1. The average molecular weight is 329 g/mol. The molecule has 7 heteroatoms. The van der Waals surface area contributed by atoms with Crippen LogP contribution < -0.4 is 10.1 Å². The summed E-state index contributed by atoms with van der Waals surface area (Å²) in [6.45, 7) is 2.17. The second-order valence-electron chi connectivity index (χ2n) is 5.17. The van der Waals surface area contributed by atoms with Crippen LogP contribution in [-0.4, -0.2) is 29.8 Å². The SMILES string of the molecule is COc1cccc(CNC(=O)C2=NC(=O)C3C(C)=CSC3=N2)c1. The Morgan fingerprint density at radius 1 is 1.39 bits per heavy atom. The van der Waals surface area contributed by atoms with Gasteiger partial charge in [-0.25, -0.2) is 4.99 Å². The van der Waals surface area contributed by atoms with E-state index in [1.807, 2.05) is 36.6 Å². The number of ether oxygens (including phenoxy) is 1. The van der Waals surface area contributed by atoms with Crippen LogP contribution in [0.25, 0.3) is 0 Å². The first-order valence-electron chi connectivity index (χ1n) is 7.04. The summed E-state index contributed by atoms with van der Waals surface area (Å²) in [6.07, 6.45) is 0. The van der Waals surface area contributed by atoms with E-state index in [9.17, 15) is 9.59 Å². The van der Waals surface area contributed by atoms with Gasteiger partial charge in [0.05, 0.1) is 12.2 Å². The van der Waals surface area contributed by atoms with Gasteiger partial charge < -0.3 is 10.1 Å². The fraction of sp³-hybridized carbons (Fsp3) is 0.250. The molecule has 23 heavy (non-hydrogen) atoms. The smallest absolute Gasteiger partial charge is 0.289 e. The molecule has 0 saturated carbocycles. The van der Waals surface area contributed by atoms with Crippen molar-refractivity contribution in [2.75, 3.05) is 7.11 Å². The molecule has 1 aromatic rings. The Kier molecular flexibility index (Phi) is 4.29. The number of amides is 2. The Balaban J connectivity index is 1.67. The van der Waals surface area contributed by atoms with Gasteiger partial charge in [0.25, 0.3) is 11.8 Å². The lowest BCUT2D eigenvalue weighted by molar-refractivity contribution is -0.120. The van der Waals surface area contributed by atoms with E-state index >= 15 is 0 Å². The third kappa shape index (κ3) is 3.19. The van der Waals surface area contributed by atoms with Crippen molar-refractivity contribution in [2.24, 2.45) is 15.9 Å². The van der Waals surface area contributed by atoms with Crippen LogP contribution in [0.15, 0.2) is 45.2 Å². The third-order valence-corrected chi connectivity index (χ3v) is 4.60. The summed E-state index contributed by atoms with van der Waals surface area (Å²) >= 11 is 1.37. The molecule has 3 rings (SSSR count). The van der Waals surface area contributed by atoms with E-state index in [-0.39, 0.29) is 11.7 Å². The van der Waals surface area contributed by atoms with Crippen LogP contribution in [0.2, 0.25) is 0 Å². The number of carbonyl (C=O) groups excluding carboxylic acids is 2. The van der Waals surface area contributed by atoms with Gasteiger partial charge in [-0.05, 0) is 35.6 Å². The van der Waals surface area contributed by atoms with Crippen LogP contribution in [0, 0.1) is 5.92 Å². The Bertz CT molecular complexity index is 768. The molecule has 0 saturated heterocycles. The van der Waals surface area contributed by atoms with Crippen molar-refractivity contribution in [1.82, 2.24) is 5.32 Å². The van der Waals surface area contributed by atoms with Gasteiger partial charge in [-0.2, -0.15) is 4.99 Å². The molecule has 0 bridgehead atoms. The largest absolute Gasteiger partial charge is 0.497 e. The number of amidine groups is 1. The molecular formula is C16H15N3O3S. The number of rotatable bonds is 4. The molecule has 6 nitrogen and oxygen atoms in total. The van der Waals surface area contributed by atoms with Gasteiger partial charge in [0.2, 0.25) is 5.84 Å². The maximum atomic E-state index is 12.2. The fourth-order valence-electron chi connectivity index (χ4n) is 2.32. The Labute approximate surface area is 137 Å². The summed E-state index contributed by atoms with van der Waals surface area (Å²) in [4.78, 5) is 32.3. The maximum Gasteiger partial charge on any atom is 0.289 e. The predicted octanol–water partition coefficient (Wildman–Crippen LogP) is 1.92. The van der Waals surface area contributed by atoms with Crippen LogP contribution >= 0.6 is 11.8 Å². The van der Waals surface area contributed by atoms with Gasteiger partial charge in [-0.1, -0.05) is 23.9 Å². The number of fused-ring (bicyclic) bond motifs is 1. The highest BCUT2D eigenvalue weighted by Gasteiger charge is 2.35. The summed E-state index contributed by atoms with van der Waals surface area (Å²) in [5.41, 5.74) is 1.80. The van der Waals surface area contributed by atoms with E-state index in [4.69, 9.17) is 4.74 Å². The normalized spacial score (nSPS) is 19.5. The summed E-state index contributed by atoms with van der Waals surface area (Å²) in [6, 6.07) is 7.37. The summed E-state index contributed by atoms with van der Waals surface area (Å²) in [5, 5.41) is 5.21. The first-order valence-corrected chi connectivity index (χ1v) is 7.92. The van der Waals surface area contributed by atoms with E-state index in [1.54, 1.807) is 7.11 Å². The van der Waals surface area contributed by atoms with Crippen molar-refractivity contribution < 1.29 is 14.3 Å². The van der Waals surface area contributed by atoms with E-state index in [0.29, 0.717) is 17.3 Å². The maximum absolute atomic E-state index is 12.2. The minimum absolute atomic E-state index is 0.0836. The van der Waals surface area contributed by atoms with Gasteiger partial charge in [-0.3, -0.25) is 9.59 Å². The minimum Gasteiger partial charge on any atom is -0.497 e. The lowest BCUT2D eigenvalue weighted by atomic mass is 10.0. The molecule has 0 radical (unpaired) electrons. The molecule has 2 amide bonds. The van der Waals surface area contributed by atoms with Crippen molar-refractivity contribution in [3.05, 3.63) is 40.8 Å². The molecule has 0 fully saturated rings. The lowest BCUT2D eigenvalue weighted by Gasteiger charge is -2.14. The molecular weight excluding hydrogens is 314 g/mol. The molecule has 2 aliphatic rings. The number of hydrogen-bond donors (Lipinski definition) is 1. The standard InChI is InChI=1S/C16H15N3O3S/c1-9-8-23-16-12(9)14(20)18-13(19-16)15(21)17-7-10-4-3-5-11(6-10)22-2/h3-6,8,12H,7H2,1-2H3,(H,17,21). The van der Waals surface area contributed by atoms with Crippen molar-refractivity contribution in [3.8, 4) is 5.75 Å². The van der Waals surface area contributed by atoms with Crippen molar-refractivity contribution >= 4 is 34.5 Å². The molecule has 118 valence electrons. The van der Waals surface area contributed by atoms with Crippen LogP contribution in [0.4, 0.5) is 0 Å². The van der Waals surface area contributed by atoms with Gasteiger partial charge in [-0.15, -0.1) is 0 Å². The molecule has 1 N–H and O–H groups in total. The molecule has 0 aromatic heterocycles. The van der Waals surface area contributed by atoms with Crippen LogP contribution in [0.5, 0.6) is 5.75 Å². The first kappa shape index (κ1) is 15.5. The highest BCUT2D eigenvalue weighted by Crippen LogP contribution is 2.33. The van der Waals surface area contributed by atoms with E-state index < -0.39 is 11.8 Å². The van der Waals surface area contributed by atoms with Crippen molar-refractivity contribution in [1.29, 1.82) is 0 Å². The quantitative estimate of drug-likeness (QED) is 0.915. The lowest BCUT2D eigenvalue weighted by Crippen LogP contribution is -2.35. The molecule has 1 unspecified atom stereocenters. The van der Waals surface area contributed by atoms with Crippen LogP contribution in [-0.2, 0) is 16.1 Å². The second-order valence-corrected chi connectivity index (χ2v) is 6.06. The summed E-state index contributed by atoms with van der Waals surface area (Å²) in [5.74, 6) is -0.568. The fourth-order valence-corrected chi connectivity index (χ4v) is 3.32. The molecule has 1 atom stereocenters. The molecule has 1 aromatic carbocycles. The van der Waals surface area contributed by atoms with E-state index in [2.05, 4.69) is 15.3 Å². The third-order valence-electron chi connectivity index (χ3n) is 3.54. The van der Waals surface area contributed by atoms with Gasteiger partial charge in [0.1, 0.15) is 11.7 Å². The Morgan fingerprint density at radius 3 is 3.00 bits per heavy atom. The topological polar surface area (TPSA) is 80.1 Å². The van der Waals surface area contributed by atoms with Crippen molar-refractivity contribution in [3.63, 3.8) is 0 Å².